The van der Waals surface area contributed by atoms with Crippen molar-refractivity contribution >= 4 is 36.1 Å². The fourth-order valence-electron chi connectivity index (χ4n) is 5.64. The van der Waals surface area contributed by atoms with Crippen molar-refractivity contribution in [2.75, 3.05) is 61.8 Å². The maximum absolute atomic E-state index is 12.4. The number of aliphatic carboxylic acids is 1. The van der Waals surface area contributed by atoms with Crippen LogP contribution in [0, 0.1) is 0 Å². The Morgan fingerprint density at radius 1 is 0.658 bits per heavy atom. The van der Waals surface area contributed by atoms with Gasteiger partial charge in [0, 0.05) is 34.5 Å². The Balaban J connectivity index is -0.000000932. The predicted octanol–water partition coefficient (Wildman–Crippen LogP) is -0.250. The zero-order chi connectivity index (χ0) is 57.3. The van der Waals surface area contributed by atoms with E-state index >= 15 is 0 Å². The number of morpholine rings is 1. The zero-order valence-electron chi connectivity index (χ0n) is 47.4. The molecule has 6 N–H and O–H groups in total. The van der Waals surface area contributed by atoms with Gasteiger partial charge in [-0.3, -0.25) is 24.5 Å². The van der Waals surface area contributed by atoms with Gasteiger partial charge in [-0.25, -0.2) is 24.0 Å². The smallest absolute Gasteiger partial charge is 0.548 e. The van der Waals surface area contributed by atoms with Crippen LogP contribution >= 0.6 is 0 Å². The van der Waals surface area contributed by atoms with Crippen molar-refractivity contribution in [1.29, 1.82) is 0 Å². The second-order valence-corrected chi connectivity index (χ2v) is 18.4. The van der Waals surface area contributed by atoms with Gasteiger partial charge in [0.1, 0.15) is 28.9 Å². The van der Waals surface area contributed by atoms with Gasteiger partial charge in [-0.2, -0.15) is 0 Å². The molecule has 76 heavy (non-hydrogen) atoms. The van der Waals surface area contributed by atoms with Gasteiger partial charge in [0.25, 0.3) is 0 Å². The third-order valence-corrected chi connectivity index (χ3v) is 8.92. The van der Waals surface area contributed by atoms with Crippen molar-refractivity contribution in [2.45, 2.75) is 124 Å². The summed E-state index contributed by atoms with van der Waals surface area (Å²) in [5.74, 6) is -2.51. The molecule has 6 heterocycles. The molecule has 30 heteroatoms. The maximum Gasteiger partial charge on any atom is 1.00 e. The van der Waals surface area contributed by atoms with Gasteiger partial charge in [-0.05, 0) is 88.6 Å². The number of primary amides is 1. The number of nitrogens with two attached hydrogens (primary N) is 1. The average Bonchev–Trinajstić information content (AvgIpc) is 4.14. The van der Waals surface area contributed by atoms with Crippen LogP contribution in [0.1, 0.15) is 91.8 Å². The van der Waals surface area contributed by atoms with Crippen LogP contribution in [0.2, 0.25) is 0 Å². The molecule has 0 aliphatic carbocycles. The van der Waals surface area contributed by atoms with E-state index in [-0.39, 0.29) is 80.0 Å². The number of carbonyl (C=O) groups excluding carboxylic acids is 6. The van der Waals surface area contributed by atoms with E-state index in [0.29, 0.717) is 6.42 Å². The summed E-state index contributed by atoms with van der Waals surface area (Å²) in [6.07, 6.45) is 8.58. The van der Waals surface area contributed by atoms with Gasteiger partial charge >= 0.3 is 89.5 Å². The van der Waals surface area contributed by atoms with Crippen molar-refractivity contribution in [1.82, 2.24) is 55.7 Å². The molecule has 4 amide bonds. The molecule has 1 saturated heterocycles. The number of esters is 1. The third-order valence-electron chi connectivity index (χ3n) is 8.92. The molecular weight excluding hydrogens is 1020 g/mol. The molecule has 4 aliphatic rings. The monoisotopic (exact) mass is 1100 g/mol. The van der Waals surface area contributed by atoms with E-state index in [0.717, 1.165) is 31.2 Å². The Hall–Kier alpha value is -6.66. The number of carbonyl (C=O) groups is 6. The summed E-state index contributed by atoms with van der Waals surface area (Å²) in [7, 11) is 8.82. The van der Waals surface area contributed by atoms with Gasteiger partial charge in [-0.1, -0.05) is 25.6 Å². The van der Waals surface area contributed by atoms with Crippen LogP contribution in [0.25, 0.3) is 0 Å². The van der Waals surface area contributed by atoms with Crippen molar-refractivity contribution < 1.29 is 109 Å². The number of ether oxygens (including phenoxy) is 9. The quantitative estimate of drug-likeness (QED) is 0.174. The minimum atomic E-state index is -1.27. The first kappa shape index (κ1) is 69.3. The number of aromatic nitrogens is 6. The van der Waals surface area contributed by atoms with Crippen LogP contribution in [-0.2, 0) is 33.3 Å². The molecule has 29 nitrogen and oxygen atoms in total. The molecule has 0 radical (unpaired) electrons. The Bertz CT molecular complexity index is 2230. The first-order chi connectivity index (χ1) is 35.0. The summed E-state index contributed by atoms with van der Waals surface area (Å²) < 4.78 is 50.5. The van der Waals surface area contributed by atoms with Crippen molar-refractivity contribution in [3.63, 3.8) is 0 Å². The first-order valence-corrected chi connectivity index (χ1v) is 22.4. The number of nitrogens with zero attached hydrogens (tertiary/aromatic N) is 9. The van der Waals surface area contributed by atoms with E-state index in [9.17, 15) is 38.7 Å². The Morgan fingerprint density at radius 3 is 1.38 bits per heavy atom. The summed E-state index contributed by atoms with van der Waals surface area (Å²) >= 11 is 0. The standard InChI is InChI=1S/C15H20N4O6.C10H16N2O3.C10H15NO4.C5H7N3O3.C5H11NO.CH4.H3N.Na.H2/c1-15(2,3)25-14(21)19-8-6-7-9(19)10(20)24-13-17-11(22-4)16-12(18-13)23-5;1-10(2,3)15-9(14)12-6-4-5-7(12)8(11)13;1-10(2,3)15-9(14)11-6-4-5-7(11)8(12)13;1-10-4-6-3(9)7-5(8-4)11-2;1-6-2-4-7-5-3-6;;;;/h6,8-9H,7H2,1-5H3;4,6-7H,5H2,1-3H3,(H2,11,13);4,6-7H,5H2,1-3H3,(H,12,13);1-2H3,(H,6,7,8,9);2-5H2,1H3;1H4;1H3;;1H/q;;;;;;;+1;/p-1/t9-;2*7-;;;;;;/m000....../s1/i;;;;;1T;;;1+1. The van der Waals surface area contributed by atoms with Crippen LogP contribution in [0.5, 0.6) is 30.1 Å². The van der Waals surface area contributed by atoms with Crippen LogP contribution in [-0.4, -0.2) is 182 Å². The molecule has 0 aromatic carbocycles. The fraction of sp³-hybridized carbons (Fsp3) is 0.609. The zero-order valence-corrected chi connectivity index (χ0v) is 48.4. The first-order valence-electron chi connectivity index (χ1n) is 23.4. The number of H-pyrrole nitrogens is 1. The van der Waals surface area contributed by atoms with Gasteiger partial charge < -0.3 is 69.3 Å². The van der Waals surface area contributed by atoms with E-state index in [1.807, 2.05) is 0 Å². The molecule has 0 spiro atoms. The maximum atomic E-state index is 12.4. The van der Waals surface area contributed by atoms with Crippen LogP contribution in [0.4, 0.5) is 14.4 Å². The normalized spacial score (nSPS) is 17.3. The van der Waals surface area contributed by atoms with E-state index in [1.165, 1.54) is 64.2 Å². The molecule has 1 fully saturated rings. The topological polar surface area (TPSA) is 380 Å². The third kappa shape index (κ3) is 26.2. The van der Waals surface area contributed by atoms with Gasteiger partial charge in [0.2, 0.25) is 5.91 Å². The van der Waals surface area contributed by atoms with Crippen LogP contribution in [0.15, 0.2) is 41.6 Å². The number of methoxy groups -OCH3 is 4. The minimum Gasteiger partial charge on any atom is -0.548 e. The number of amides is 4. The molecule has 3 atom stereocenters. The number of aromatic amines is 1. The van der Waals surface area contributed by atoms with Gasteiger partial charge in [0.05, 0.1) is 53.7 Å². The van der Waals surface area contributed by atoms with E-state index < -0.39 is 76.7 Å². The number of likely N-dealkylation sites (N-methyl/N-ethyl adjacent to an activating group) is 1. The Labute approximate surface area is 467 Å². The minimum absolute atomic E-state index is 0. The summed E-state index contributed by atoms with van der Waals surface area (Å²) in [6.45, 7) is 19.7. The predicted molar refractivity (Wildman–Crippen MR) is 268 cm³/mol. The van der Waals surface area contributed by atoms with Gasteiger partial charge in [0.15, 0.2) is 0 Å². The van der Waals surface area contributed by atoms with Gasteiger partial charge in [-0.15, -0.1) is 24.9 Å². The second-order valence-electron chi connectivity index (χ2n) is 18.4. The number of carboxylic acids is 1. The van der Waals surface area contributed by atoms with E-state index in [2.05, 4.69) is 51.3 Å². The second kappa shape index (κ2) is 33.4. The van der Waals surface area contributed by atoms with Crippen molar-refractivity contribution in [2.24, 2.45) is 5.73 Å². The van der Waals surface area contributed by atoms with E-state index in [4.69, 9.17) is 40.3 Å². The largest absolute Gasteiger partial charge is 1.00 e. The summed E-state index contributed by atoms with van der Waals surface area (Å²) in [6, 6.07) is -2.77. The molecule has 424 valence electrons. The fourth-order valence-corrected chi connectivity index (χ4v) is 5.64. The molecule has 2 aromatic rings. The van der Waals surface area contributed by atoms with Crippen LogP contribution < -0.4 is 75.9 Å². The molecule has 2 aromatic heterocycles. The molecule has 6 rings (SSSR count). The van der Waals surface area contributed by atoms with Crippen molar-refractivity contribution in [3.8, 4) is 30.1 Å². The Morgan fingerprint density at radius 2 is 1.03 bits per heavy atom. The summed E-state index contributed by atoms with van der Waals surface area (Å²) in [4.78, 5) is 107. The average molecular weight is 1100 g/mol. The summed E-state index contributed by atoms with van der Waals surface area (Å²) in [5.41, 5.74) is 2.72. The SMILES string of the molecule is CC(C)(C)OC(=O)N1C=CC[C@H]1C(=O)[O-].CC(C)(C)OC(=O)N1C=CC[C@H]1C(N)=O.CN1CCOCC1.COc1nc(OC)[nH]c(=O)n1.COc1nc(OC)nc(OC(=O)[C@@H]2CC=CN2C(=O)OC(C)(C)C)n1.N.[2HH].[3H]C.[Na+]. The number of hydrogen-bond donors (Lipinski definition) is 3. The van der Waals surface area contributed by atoms with Crippen molar-refractivity contribution in [3.05, 3.63) is 47.3 Å². The molecule has 0 saturated carbocycles. The number of hydrogen-bond acceptors (Lipinski definition) is 24. The summed E-state index contributed by atoms with van der Waals surface area (Å²) in [5, 5.41) is 10.7. The molecule has 0 unspecified atom stereocenters. The van der Waals surface area contributed by atoms with Crippen LogP contribution in [0.3, 0.4) is 0 Å². The molecule has 4 aliphatic heterocycles. The van der Waals surface area contributed by atoms with E-state index in [1.54, 1.807) is 80.5 Å². The molecule has 0 bridgehead atoms. The number of rotatable bonds is 8. The number of carboxylic acid groups (broad SMARTS) is 1. The Kier molecular flexibility index (Phi) is 30.5. The number of nitrogens with one attached hydrogen (secondary N) is 1. The molecular formula is C46H77N12NaO17.